The van der Waals surface area contributed by atoms with Gasteiger partial charge in [0.2, 0.25) is 0 Å². The molecule has 3 aromatic rings. The minimum absolute atomic E-state index is 0.274. The molecule has 0 atom stereocenters. The van der Waals surface area contributed by atoms with Crippen LogP contribution >= 0.6 is 0 Å². The number of phenols is 1. The second-order valence-electron chi connectivity index (χ2n) is 7.63. The number of benzene rings is 1. The molecule has 1 aliphatic heterocycles. The van der Waals surface area contributed by atoms with Gasteiger partial charge >= 0.3 is 0 Å². The molecule has 0 bridgehead atoms. The molecule has 1 aliphatic rings. The summed E-state index contributed by atoms with van der Waals surface area (Å²) in [5.74, 6) is 1.45. The van der Waals surface area contributed by atoms with Gasteiger partial charge in [-0.2, -0.15) is 0 Å². The second kappa shape index (κ2) is 7.16. The Morgan fingerprint density at radius 2 is 1.89 bits per heavy atom. The van der Waals surface area contributed by atoms with E-state index < -0.39 is 0 Å². The van der Waals surface area contributed by atoms with Crippen LogP contribution in [0.3, 0.4) is 0 Å². The van der Waals surface area contributed by atoms with Crippen LogP contribution in [0.2, 0.25) is 0 Å². The highest BCUT2D eigenvalue weighted by Gasteiger charge is 2.24. The molecular weight excluding hydrogens is 336 g/mol. The molecular formula is C22H26N4O. The van der Waals surface area contributed by atoms with E-state index in [1.807, 2.05) is 12.1 Å². The lowest BCUT2D eigenvalue weighted by Crippen LogP contribution is -2.32. The van der Waals surface area contributed by atoms with E-state index in [9.17, 15) is 5.11 Å². The van der Waals surface area contributed by atoms with Crippen LogP contribution in [0.4, 0.5) is 0 Å². The molecule has 0 amide bonds. The minimum atomic E-state index is 0.274. The summed E-state index contributed by atoms with van der Waals surface area (Å²) in [6, 6.07) is 11.6. The highest BCUT2D eigenvalue weighted by molar-refractivity contribution is 5.65. The van der Waals surface area contributed by atoms with Crippen molar-refractivity contribution >= 4 is 0 Å². The van der Waals surface area contributed by atoms with Crippen LogP contribution in [0.15, 0.2) is 42.6 Å². The van der Waals surface area contributed by atoms with Crippen molar-refractivity contribution in [1.82, 2.24) is 19.4 Å². The molecule has 0 saturated heterocycles. The van der Waals surface area contributed by atoms with Crippen LogP contribution in [-0.4, -0.2) is 31.1 Å². The molecule has 0 unspecified atom stereocenters. The lowest BCUT2D eigenvalue weighted by atomic mass is 9.98. The van der Waals surface area contributed by atoms with Gasteiger partial charge in [0.25, 0.3) is 0 Å². The normalized spacial score (nSPS) is 14.5. The Bertz CT molecular complexity index is 943. The maximum absolute atomic E-state index is 9.65. The Balaban J connectivity index is 1.72. The van der Waals surface area contributed by atoms with Gasteiger partial charge in [-0.25, -0.2) is 9.97 Å². The van der Waals surface area contributed by atoms with Gasteiger partial charge in [-0.15, -0.1) is 0 Å². The van der Waals surface area contributed by atoms with Gasteiger partial charge in [0.05, 0.1) is 11.4 Å². The number of aryl methyl sites for hydroxylation is 1. The molecule has 1 aromatic carbocycles. The molecule has 0 fully saturated rings. The van der Waals surface area contributed by atoms with E-state index in [0.29, 0.717) is 0 Å². The molecule has 4 rings (SSSR count). The number of hydrogen-bond donors (Lipinski definition) is 1. The summed E-state index contributed by atoms with van der Waals surface area (Å²) in [5.41, 5.74) is 5.73. The molecule has 0 saturated carbocycles. The van der Waals surface area contributed by atoms with E-state index in [1.165, 1.54) is 17.0 Å². The maximum Gasteiger partial charge on any atom is 0.131 e. The number of aromatic hydroxyl groups is 1. The van der Waals surface area contributed by atoms with E-state index >= 15 is 0 Å². The first-order valence-corrected chi connectivity index (χ1v) is 9.53. The third-order valence-electron chi connectivity index (χ3n) is 5.25. The van der Waals surface area contributed by atoms with Gasteiger partial charge in [0.15, 0.2) is 0 Å². The molecule has 3 heterocycles. The van der Waals surface area contributed by atoms with E-state index in [2.05, 4.69) is 48.7 Å². The van der Waals surface area contributed by atoms with Crippen molar-refractivity contribution in [3.63, 3.8) is 0 Å². The molecule has 2 aromatic heterocycles. The number of rotatable bonds is 4. The van der Waals surface area contributed by atoms with Crippen molar-refractivity contribution in [2.75, 3.05) is 6.54 Å². The summed E-state index contributed by atoms with van der Waals surface area (Å²) < 4.78 is 2.18. The van der Waals surface area contributed by atoms with Gasteiger partial charge in [-0.1, -0.05) is 13.8 Å². The van der Waals surface area contributed by atoms with Gasteiger partial charge in [-0.3, -0.25) is 4.90 Å². The fourth-order valence-corrected chi connectivity index (χ4v) is 3.63. The molecule has 1 N–H and O–H groups in total. The first kappa shape index (κ1) is 17.7. The average Bonchev–Trinajstić information content (AvgIpc) is 3.06. The summed E-state index contributed by atoms with van der Waals surface area (Å²) in [4.78, 5) is 12.2. The van der Waals surface area contributed by atoms with Crippen LogP contribution in [0.1, 0.15) is 42.5 Å². The standard InChI is InChI=1S/C22H26N4O/c1-15(2)22-23-20-10-12-26(13-17-5-4-11-25(17)3)14-19(20)21(24-22)16-6-8-18(27)9-7-16/h4-9,11,15,27H,10,12-14H2,1-3H3. The van der Waals surface area contributed by atoms with Crippen molar-refractivity contribution in [1.29, 1.82) is 0 Å². The summed E-state index contributed by atoms with van der Waals surface area (Å²) >= 11 is 0. The highest BCUT2D eigenvalue weighted by atomic mass is 16.3. The first-order valence-electron chi connectivity index (χ1n) is 9.53. The smallest absolute Gasteiger partial charge is 0.131 e. The summed E-state index contributed by atoms with van der Waals surface area (Å²) in [5, 5.41) is 9.65. The summed E-state index contributed by atoms with van der Waals surface area (Å²) in [6.45, 7) is 7.03. The molecule has 27 heavy (non-hydrogen) atoms. The van der Waals surface area contributed by atoms with Gasteiger partial charge in [-0.05, 0) is 36.4 Å². The third kappa shape index (κ3) is 3.60. The number of fused-ring (bicyclic) bond motifs is 1. The van der Waals surface area contributed by atoms with Crippen LogP contribution in [0.5, 0.6) is 5.75 Å². The quantitative estimate of drug-likeness (QED) is 0.765. The lowest BCUT2D eigenvalue weighted by Gasteiger charge is -2.30. The predicted molar refractivity (Wildman–Crippen MR) is 106 cm³/mol. The fourth-order valence-electron chi connectivity index (χ4n) is 3.63. The van der Waals surface area contributed by atoms with Gasteiger partial charge in [0.1, 0.15) is 11.6 Å². The fraction of sp³-hybridized carbons (Fsp3) is 0.364. The largest absolute Gasteiger partial charge is 0.508 e. The topological polar surface area (TPSA) is 54.2 Å². The van der Waals surface area contributed by atoms with E-state index in [-0.39, 0.29) is 11.7 Å². The average molecular weight is 362 g/mol. The number of hydrogen-bond acceptors (Lipinski definition) is 4. The van der Waals surface area contributed by atoms with Crippen molar-refractivity contribution in [3.05, 3.63) is 65.4 Å². The monoisotopic (exact) mass is 362 g/mol. The van der Waals surface area contributed by atoms with Crippen molar-refractivity contribution in [2.45, 2.75) is 39.3 Å². The third-order valence-corrected chi connectivity index (χ3v) is 5.25. The van der Waals surface area contributed by atoms with Gasteiger partial charge < -0.3 is 9.67 Å². The van der Waals surface area contributed by atoms with E-state index in [1.54, 1.807) is 12.1 Å². The molecule has 0 spiro atoms. The molecule has 0 aliphatic carbocycles. The molecule has 5 heteroatoms. The van der Waals surface area contributed by atoms with Crippen molar-refractivity contribution in [2.24, 2.45) is 7.05 Å². The number of phenolic OH excluding ortho intramolecular Hbond substituents is 1. The number of aromatic nitrogens is 3. The molecule has 140 valence electrons. The zero-order valence-electron chi connectivity index (χ0n) is 16.2. The Labute approximate surface area is 160 Å². The van der Waals surface area contributed by atoms with Crippen LogP contribution in [0, 0.1) is 0 Å². The SMILES string of the molecule is CC(C)c1nc2c(c(-c3ccc(O)cc3)n1)CN(Cc1cccn1C)CC2. The zero-order chi connectivity index (χ0) is 19.0. The van der Waals surface area contributed by atoms with Crippen LogP contribution in [0.25, 0.3) is 11.3 Å². The minimum Gasteiger partial charge on any atom is -0.508 e. The van der Waals surface area contributed by atoms with Crippen molar-refractivity contribution in [3.8, 4) is 17.0 Å². The van der Waals surface area contributed by atoms with Gasteiger partial charge in [0, 0.05) is 62.0 Å². The molecule has 0 radical (unpaired) electrons. The Morgan fingerprint density at radius 3 is 2.56 bits per heavy atom. The zero-order valence-corrected chi connectivity index (χ0v) is 16.2. The number of nitrogens with zero attached hydrogens (tertiary/aromatic N) is 4. The van der Waals surface area contributed by atoms with Crippen molar-refractivity contribution < 1.29 is 5.11 Å². The van der Waals surface area contributed by atoms with E-state index in [0.717, 1.165) is 43.1 Å². The second-order valence-corrected chi connectivity index (χ2v) is 7.63. The lowest BCUT2D eigenvalue weighted by molar-refractivity contribution is 0.238. The Morgan fingerprint density at radius 1 is 1.11 bits per heavy atom. The predicted octanol–water partition coefficient (Wildman–Crippen LogP) is 3.87. The Kier molecular flexibility index (Phi) is 4.70. The van der Waals surface area contributed by atoms with Crippen LogP contribution in [-0.2, 0) is 26.6 Å². The summed E-state index contributed by atoms with van der Waals surface area (Å²) in [6.07, 6.45) is 3.03. The Hall–Kier alpha value is -2.66. The molecule has 5 nitrogen and oxygen atoms in total. The van der Waals surface area contributed by atoms with Crippen LogP contribution < -0.4 is 0 Å². The first-order chi connectivity index (χ1) is 13.0. The summed E-state index contributed by atoms with van der Waals surface area (Å²) in [7, 11) is 2.09. The maximum atomic E-state index is 9.65. The van der Waals surface area contributed by atoms with E-state index in [4.69, 9.17) is 9.97 Å². The highest BCUT2D eigenvalue weighted by Crippen LogP contribution is 2.31.